The quantitative estimate of drug-likeness (QED) is 0.659. The monoisotopic (exact) mass is 364 g/mol. The minimum Gasteiger partial charge on any atom is -0.481 e. The van der Waals surface area contributed by atoms with Crippen molar-refractivity contribution in [3.63, 3.8) is 0 Å². The number of nitrogens with one attached hydrogen (secondary N) is 2. The molecule has 0 unspecified atom stereocenters. The molecule has 1 amide bonds. The fourth-order valence-electron chi connectivity index (χ4n) is 3.53. The molecule has 0 atom stereocenters. The molecule has 0 saturated heterocycles. The van der Waals surface area contributed by atoms with Gasteiger partial charge in [0.15, 0.2) is 0 Å². The molecule has 7 heteroatoms. The Balaban J connectivity index is 1.41. The Morgan fingerprint density at radius 1 is 1.07 bits per heavy atom. The standard InChI is InChI=1S/C20H20N4O3/c25-19(22-15-7-5-14(6-8-15)20(26)27)13-3-1-12(2-4-13)18-23-16-9-10-21-11-17(16)24-18/h1-4,9-11,14-15H,5-8H2,(H,22,25)(H,23,24)(H,26,27)/t14-,15-. The molecule has 4 rings (SSSR count). The predicted molar refractivity (Wildman–Crippen MR) is 100 cm³/mol. The number of pyridine rings is 1. The summed E-state index contributed by atoms with van der Waals surface area (Å²) in [6.07, 6.45) is 6.04. The van der Waals surface area contributed by atoms with Crippen molar-refractivity contribution in [3.05, 3.63) is 48.3 Å². The van der Waals surface area contributed by atoms with Crippen molar-refractivity contribution in [1.82, 2.24) is 20.3 Å². The van der Waals surface area contributed by atoms with Crippen LogP contribution in [0.1, 0.15) is 36.0 Å². The number of benzene rings is 1. The van der Waals surface area contributed by atoms with Gasteiger partial charge in [0.05, 0.1) is 17.6 Å². The van der Waals surface area contributed by atoms with Crippen molar-refractivity contribution in [2.75, 3.05) is 0 Å². The molecule has 1 aliphatic carbocycles. The first-order valence-electron chi connectivity index (χ1n) is 9.04. The molecule has 3 N–H and O–H groups in total. The zero-order valence-corrected chi connectivity index (χ0v) is 14.7. The van der Waals surface area contributed by atoms with Crippen LogP contribution in [0.2, 0.25) is 0 Å². The molecule has 0 spiro atoms. The number of carbonyl (C=O) groups excluding carboxylic acids is 1. The van der Waals surface area contributed by atoms with Crippen molar-refractivity contribution in [3.8, 4) is 11.4 Å². The van der Waals surface area contributed by atoms with Gasteiger partial charge < -0.3 is 15.4 Å². The molecule has 138 valence electrons. The highest BCUT2D eigenvalue weighted by Crippen LogP contribution is 2.25. The van der Waals surface area contributed by atoms with Crippen molar-refractivity contribution in [2.24, 2.45) is 5.92 Å². The lowest BCUT2D eigenvalue weighted by molar-refractivity contribution is -0.142. The van der Waals surface area contributed by atoms with Crippen LogP contribution >= 0.6 is 0 Å². The van der Waals surface area contributed by atoms with Gasteiger partial charge in [0.1, 0.15) is 11.3 Å². The highest BCUT2D eigenvalue weighted by molar-refractivity contribution is 5.95. The number of H-pyrrole nitrogens is 1. The van der Waals surface area contributed by atoms with Gasteiger partial charge in [0, 0.05) is 23.4 Å². The molecule has 2 aromatic heterocycles. The Morgan fingerprint density at radius 2 is 1.81 bits per heavy atom. The summed E-state index contributed by atoms with van der Waals surface area (Å²) in [5, 5.41) is 12.1. The van der Waals surface area contributed by atoms with E-state index in [0.29, 0.717) is 31.2 Å². The van der Waals surface area contributed by atoms with Gasteiger partial charge in [-0.1, -0.05) is 12.1 Å². The third-order valence-corrected chi connectivity index (χ3v) is 5.12. The number of amides is 1. The number of carboxylic acid groups (broad SMARTS) is 1. The minimum absolute atomic E-state index is 0.0376. The third-order valence-electron chi connectivity index (χ3n) is 5.12. The largest absolute Gasteiger partial charge is 0.481 e. The highest BCUT2D eigenvalue weighted by Gasteiger charge is 2.26. The van der Waals surface area contributed by atoms with Crippen LogP contribution in [0, 0.1) is 5.92 Å². The maximum Gasteiger partial charge on any atom is 0.306 e. The molecule has 1 aromatic carbocycles. The Kier molecular flexibility index (Phi) is 4.58. The van der Waals surface area contributed by atoms with E-state index in [1.165, 1.54) is 0 Å². The highest BCUT2D eigenvalue weighted by atomic mass is 16.4. The average Bonchev–Trinajstić information content (AvgIpc) is 3.13. The van der Waals surface area contributed by atoms with Crippen LogP contribution < -0.4 is 5.32 Å². The van der Waals surface area contributed by atoms with E-state index in [9.17, 15) is 9.59 Å². The molecule has 3 aromatic rings. The summed E-state index contributed by atoms with van der Waals surface area (Å²) >= 11 is 0. The number of carbonyl (C=O) groups is 2. The number of rotatable bonds is 4. The molecule has 0 aliphatic heterocycles. The lowest BCUT2D eigenvalue weighted by atomic mass is 9.86. The van der Waals surface area contributed by atoms with Crippen LogP contribution in [-0.2, 0) is 4.79 Å². The molecule has 1 saturated carbocycles. The van der Waals surface area contributed by atoms with E-state index in [-0.39, 0.29) is 17.9 Å². The van der Waals surface area contributed by atoms with Crippen LogP contribution in [0.25, 0.3) is 22.4 Å². The number of aliphatic carboxylic acids is 1. The predicted octanol–water partition coefficient (Wildman–Crippen LogP) is 3.00. The van der Waals surface area contributed by atoms with Gasteiger partial charge in [-0.15, -0.1) is 0 Å². The molecular weight excluding hydrogens is 344 g/mol. The van der Waals surface area contributed by atoms with E-state index < -0.39 is 5.97 Å². The van der Waals surface area contributed by atoms with E-state index >= 15 is 0 Å². The molecule has 0 bridgehead atoms. The summed E-state index contributed by atoms with van der Waals surface area (Å²) in [5.41, 5.74) is 3.19. The van der Waals surface area contributed by atoms with E-state index in [1.54, 1.807) is 24.5 Å². The molecule has 7 nitrogen and oxygen atoms in total. The number of hydrogen-bond donors (Lipinski definition) is 3. The molecular formula is C20H20N4O3. The number of nitrogens with zero attached hydrogens (tertiary/aromatic N) is 2. The second-order valence-corrected chi connectivity index (χ2v) is 6.92. The fourth-order valence-corrected chi connectivity index (χ4v) is 3.53. The van der Waals surface area contributed by atoms with Gasteiger partial charge in [-0.3, -0.25) is 14.6 Å². The van der Waals surface area contributed by atoms with Crippen LogP contribution in [-0.4, -0.2) is 38.0 Å². The number of carboxylic acids is 1. The van der Waals surface area contributed by atoms with E-state index in [4.69, 9.17) is 5.11 Å². The fraction of sp³-hybridized carbons (Fsp3) is 0.300. The summed E-state index contributed by atoms with van der Waals surface area (Å²) in [6, 6.07) is 9.18. The molecule has 2 heterocycles. The van der Waals surface area contributed by atoms with Gasteiger partial charge in [0.25, 0.3) is 5.91 Å². The van der Waals surface area contributed by atoms with Crippen LogP contribution in [0.4, 0.5) is 0 Å². The number of aromatic amines is 1. The Morgan fingerprint density at radius 3 is 2.48 bits per heavy atom. The van der Waals surface area contributed by atoms with Gasteiger partial charge in [-0.2, -0.15) is 0 Å². The van der Waals surface area contributed by atoms with E-state index in [0.717, 1.165) is 22.4 Å². The van der Waals surface area contributed by atoms with Crippen molar-refractivity contribution in [2.45, 2.75) is 31.7 Å². The Bertz CT molecular complexity index is 939. The minimum atomic E-state index is -0.739. The second-order valence-electron chi connectivity index (χ2n) is 6.92. The summed E-state index contributed by atoms with van der Waals surface area (Å²) in [7, 11) is 0. The Hall–Kier alpha value is -3.22. The zero-order chi connectivity index (χ0) is 18.8. The van der Waals surface area contributed by atoms with Crippen molar-refractivity contribution >= 4 is 22.9 Å². The lowest BCUT2D eigenvalue weighted by Gasteiger charge is -2.26. The third kappa shape index (κ3) is 3.67. The maximum atomic E-state index is 12.5. The average molecular weight is 364 g/mol. The van der Waals surface area contributed by atoms with Crippen molar-refractivity contribution < 1.29 is 14.7 Å². The molecule has 0 radical (unpaired) electrons. The zero-order valence-electron chi connectivity index (χ0n) is 14.7. The van der Waals surface area contributed by atoms with Gasteiger partial charge in [0.2, 0.25) is 0 Å². The van der Waals surface area contributed by atoms with Gasteiger partial charge >= 0.3 is 5.97 Å². The summed E-state index contributed by atoms with van der Waals surface area (Å²) in [4.78, 5) is 35.3. The van der Waals surface area contributed by atoms with E-state index in [1.807, 2.05) is 18.2 Å². The smallest absolute Gasteiger partial charge is 0.306 e. The normalized spacial score (nSPS) is 19.7. The summed E-state index contributed by atoms with van der Waals surface area (Å²) in [6.45, 7) is 0. The topological polar surface area (TPSA) is 108 Å². The maximum absolute atomic E-state index is 12.5. The molecule has 1 fully saturated rings. The van der Waals surface area contributed by atoms with Crippen LogP contribution in [0.15, 0.2) is 42.7 Å². The summed E-state index contributed by atoms with van der Waals surface area (Å²) < 4.78 is 0. The summed E-state index contributed by atoms with van der Waals surface area (Å²) in [5.74, 6) is -0.417. The van der Waals surface area contributed by atoms with Gasteiger partial charge in [-0.25, -0.2) is 4.98 Å². The number of hydrogen-bond acceptors (Lipinski definition) is 4. The number of imidazole rings is 1. The first-order valence-corrected chi connectivity index (χ1v) is 9.04. The van der Waals surface area contributed by atoms with E-state index in [2.05, 4.69) is 20.3 Å². The van der Waals surface area contributed by atoms with Gasteiger partial charge in [-0.05, 0) is 43.9 Å². The molecule has 27 heavy (non-hydrogen) atoms. The second kappa shape index (κ2) is 7.19. The van der Waals surface area contributed by atoms with Crippen LogP contribution in [0.3, 0.4) is 0 Å². The number of fused-ring (bicyclic) bond motifs is 1. The Labute approximate surface area is 155 Å². The number of aromatic nitrogens is 3. The first-order chi connectivity index (χ1) is 13.1. The van der Waals surface area contributed by atoms with Crippen LogP contribution in [0.5, 0.6) is 0 Å². The van der Waals surface area contributed by atoms with Crippen molar-refractivity contribution in [1.29, 1.82) is 0 Å². The SMILES string of the molecule is O=C(N[C@H]1CC[C@H](C(=O)O)CC1)c1ccc(-c2nc3cnccc3[nH]2)cc1. The lowest BCUT2D eigenvalue weighted by Crippen LogP contribution is -2.38. The first kappa shape index (κ1) is 17.2. The molecule has 1 aliphatic rings.